The van der Waals surface area contributed by atoms with Crippen LogP contribution < -0.4 is 15.8 Å². The molecule has 0 unspecified atom stereocenters. The molecule has 0 aromatic rings. The van der Waals surface area contributed by atoms with Gasteiger partial charge in [-0.2, -0.15) is 0 Å². The highest BCUT2D eigenvalue weighted by atomic mass is 32.2. The maximum absolute atomic E-state index is 11.0. The first-order valence-corrected chi connectivity index (χ1v) is 6.08. The summed E-state index contributed by atoms with van der Waals surface area (Å²) in [7, 11) is -3.44. The second-order valence-corrected chi connectivity index (χ2v) is 4.61. The fourth-order valence-corrected chi connectivity index (χ4v) is 1.36. The summed E-state index contributed by atoms with van der Waals surface area (Å²) in [5, 5.41) is 10.0. The molecule has 4 N–H and O–H groups in total. The zero-order chi connectivity index (χ0) is 11.7. The van der Waals surface area contributed by atoms with Crippen LogP contribution in [0.5, 0.6) is 0 Å². The molecule has 0 aromatic carbocycles. The number of nitrogens with one attached hydrogen (secondary N) is 2. The van der Waals surface area contributed by atoms with Crippen molar-refractivity contribution in [2.75, 3.05) is 25.4 Å². The predicted molar refractivity (Wildman–Crippen MR) is 57.3 cm³/mol. The first-order chi connectivity index (χ1) is 6.95. The van der Waals surface area contributed by atoms with Crippen LogP contribution in [0, 0.1) is 12.3 Å². The van der Waals surface area contributed by atoms with Crippen molar-refractivity contribution in [1.29, 1.82) is 0 Å². The van der Waals surface area contributed by atoms with Crippen LogP contribution in [0.15, 0.2) is 0 Å². The van der Waals surface area contributed by atoms with Gasteiger partial charge in [0.15, 0.2) is 0 Å². The molecule has 86 valence electrons. The Hall–Kier alpha value is -1.10. The Labute approximate surface area is 89.7 Å². The van der Waals surface area contributed by atoms with Gasteiger partial charge < -0.3 is 5.32 Å². The standard InChI is InChI=1S/C8H15N3O3S/c1-2-4-10-7-8(12)11-5-3-6-15(9,13)14/h1,10H,3-7H2,(H,11,12)(H2,9,13,14). The molecule has 0 aliphatic carbocycles. The Bertz CT molecular complexity index is 332. The highest BCUT2D eigenvalue weighted by Gasteiger charge is 2.03. The molecule has 0 radical (unpaired) electrons. The minimum atomic E-state index is -3.44. The quantitative estimate of drug-likeness (QED) is 0.350. The summed E-state index contributed by atoms with van der Waals surface area (Å²) in [4.78, 5) is 11.0. The molecule has 0 heterocycles. The van der Waals surface area contributed by atoms with E-state index in [2.05, 4.69) is 16.6 Å². The van der Waals surface area contributed by atoms with Gasteiger partial charge in [-0.05, 0) is 6.42 Å². The maximum atomic E-state index is 11.0. The molecule has 1 amide bonds. The van der Waals surface area contributed by atoms with E-state index in [0.717, 1.165) is 0 Å². The third-order valence-electron chi connectivity index (χ3n) is 1.44. The van der Waals surface area contributed by atoms with Crippen molar-refractivity contribution in [2.45, 2.75) is 6.42 Å². The van der Waals surface area contributed by atoms with Crippen LogP contribution in [0.25, 0.3) is 0 Å². The lowest BCUT2D eigenvalue weighted by molar-refractivity contribution is -0.120. The van der Waals surface area contributed by atoms with Crippen LogP contribution in [0.3, 0.4) is 0 Å². The largest absolute Gasteiger partial charge is 0.355 e. The van der Waals surface area contributed by atoms with Gasteiger partial charge in [0.25, 0.3) is 0 Å². The van der Waals surface area contributed by atoms with Crippen molar-refractivity contribution < 1.29 is 13.2 Å². The van der Waals surface area contributed by atoms with Crippen LogP contribution >= 0.6 is 0 Å². The molecule has 0 aliphatic rings. The van der Waals surface area contributed by atoms with Gasteiger partial charge >= 0.3 is 0 Å². The Morgan fingerprint density at radius 3 is 2.67 bits per heavy atom. The topological polar surface area (TPSA) is 101 Å². The van der Waals surface area contributed by atoms with Crippen LogP contribution in [0.2, 0.25) is 0 Å². The number of hydrogen-bond donors (Lipinski definition) is 3. The van der Waals surface area contributed by atoms with Gasteiger partial charge in [-0.3, -0.25) is 10.1 Å². The van der Waals surface area contributed by atoms with Gasteiger partial charge in [0.05, 0.1) is 18.8 Å². The van der Waals surface area contributed by atoms with E-state index in [0.29, 0.717) is 13.0 Å². The predicted octanol–water partition coefficient (Wildman–Crippen LogP) is -2.00. The van der Waals surface area contributed by atoms with Crippen LogP contribution in [-0.4, -0.2) is 39.7 Å². The number of primary sulfonamides is 1. The zero-order valence-corrected chi connectivity index (χ0v) is 9.14. The summed E-state index contributed by atoms with van der Waals surface area (Å²) in [6.45, 7) is 0.733. The molecule has 0 saturated carbocycles. The van der Waals surface area contributed by atoms with Crippen LogP contribution in [0.4, 0.5) is 0 Å². The molecule has 0 aromatic heterocycles. The lowest BCUT2D eigenvalue weighted by Crippen LogP contribution is -2.35. The van der Waals surface area contributed by atoms with Gasteiger partial charge in [-0.15, -0.1) is 6.42 Å². The van der Waals surface area contributed by atoms with Gasteiger partial charge in [0.1, 0.15) is 0 Å². The molecule has 0 spiro atoms. The number of nitrogens with two attached hydrogens (primary N) is 1. The molecule has 0 rings (SSSR count). The van der Waals surface area contributed by atoms with Gasteiger partial charge in [-0.25, -0.2) is 13.6 Å². The number of carbonyl (C=O) groups excluding carboxylic acids is 1. The van der Waals surface area contributed by atoms with Crippen molar-refractivity contribution in [3.8, 4) is 12.3 Å². The zero-order valence-electron chi connectivity index (χ0n) is 8.32. The summed E-state index contributed by atoms with van der Waals surface area (Å²) < 4.78 is 21.0. The average Bonchev–Trinajstić information content (AvgIpc) is 2.11. The van der Waals surface area contributed by atoms with E-state index in [1.807, 2.05) is 0 Å². The van der Waals surface area contributed by atoms with Crippen molar-refractivity contribution in [1.82, 2.24) is 10.6 Å². The first kappa shape index (κ1) is 13.9. The minimum Gasteiger partial charge on any atom is -0.355 e. The number of hydrogen-bond acceptors (Lipinski definition) is 4. The molecular formula is C8H15N3O3S. The SMILES string of the molecule is C#CCNCC(=O)NCCCS(N)(=O)=O. The summed E-state index contributed by atoms with van der Waals surface area (Å²) >= 11 is 0. The molecule has 0 aliphatic heterocycles. The van der Waals surface area contributed by atoms with E-state index in [1.54, 1.807) is 0 Å². The van der Waals surface area contributed by atoms with E-state index < -0.39 is 10.0 Å². The van der Waals surface area contributed by atoms with E-state index in [9.17, 15) is 13.2 Å². The summed E-state index contributed by atoms with van der Waals surface area (Å²) in [6, 6.07) is 0. The van der Waals surface area contributed by atoms with Crippen molar-refractivity contribution in [3.63, 3.8) is 0 Å². The number of terminal acetylenes is 1. The highest BCUT2D eigenvalue weighted by Crippen LogP contribution is 1.83. The number of amides is 1. The summed E-state index contributed by atoms with van der Waals surface area (Å²) in [5.41, 5.74) is 0. The Kier molecular flexibility index (Phi) is 6.70. The minimum absolute atomic E-state index is 0.125. The first-order valence-electron chi connectivity index (χ1n) is 4.37. The lowest BCUT2D eigenvalue weighted by atomic mass is 10.4. The summed E-state index contributed by atoms with van der Waals surface area (Å²) in [5.74, 6) is 1.97. The monoisotopic (exact) mass is 233 g/mol. The van der Waals surface area contributed by atoms with E-state index >= 15 is 0 Å². The van der Waals surface area contributed by atoms with Gasteiger partial charge in [0, 0.05) is 6.54 Å². The molecule has 0 saturated heterocycles. The number of sulfonamides is 1. The van der Waals surface area contributed by atoms with Crippen LogP contribution in [-0.2, 0) is 14.8 Å². The normalized spacial score (nSPS) is 10.7. The third-order valence-corrected chi connectivity index (χ3v) is 2.30. The molecule has 6 nitrogen and oxygen atoms in total. The smallest absolute Gasteiger partial charge is 0.233 e. The van der Waals surface area contributed by atoms with E-state index in [4.69, 9.17) is 11.6 Å². The molecule has 7 heteroatoms. The highest BCUT2D eigenvalue weighted by molar-refractivity contribution is 7.89. The van der Waals surface area contributed by atoms with E-state index in [1.165, 1.54) is 0 Å². The Morgan fingerprint density at radius 2 is 2.13 bits per heavy atom. The molecule has 15 heavy (non-hydrogen) atoms. The van der Waals surface area contributed by atoms with Crippen molar-refractivity contribution >= 4 is 15.9 Å². The Morgan fingerprint density at radius 1 is 1.47 bits per heavy atom. The number of carbonyl (C=O) groups is 1. The summed E-state index contributed by atoms with van der Waals surface area (Å²) in [6.07, 6.45) is 5.26. The fraction of sp³-hybridized carbons (Fsp3) is 0.625. The second kappa shape index (κ2) is 7.23. The molecule has 0 fully saturated rings. The lowest BCUT2D eigenvalue weighted by Gasteiger charge is -2.04. The van der Waals surface area contributed by atoms with Gasteiger partial charge in [-0.1, -0.05) is 5.92 Å². The van der Waals surface area contributed by atoms with Crippen molar-refractivity contribution in [3.05, 3.63) is 0 Å². The third kappa shape index (κ3) is 10.8. The average molecular weight is 233 g/mol. The van der Waals surface area contributed by atoms with E-state index in [-0.39, 0.29) is 24.7 Å². The molecule has 0 bridgehead atoms. The molecular weight excluding hydrogens is 218 g/mol. The maximum Gasteiger partial charge on any atom is 0.233 e. The molecule has 0 atom stereocenters. The van der Waals surface area contributed by atoms with Crippen molar-refractivity contribution in [2.24, 2.45) is 5.14 Å². The fourth-order valence-electron chi connectivity index (χ4n) is 0.812. The number of rotatable bonds is 7. The second-order valence-electron chi connectivity index (χ2n) is 2.88. The Balaban J connectivity index is 3.44. The van der Waals surface area contributed by atoms with Crippen LogP contribution in [0.1, 0.15) is 6.42 Å². The van der Waals surface area contributed by atoms with Gasteiger partial charge in [0.2, 0.25) is 15.9 Å².